The maximum Gasteiger partial charge on any atom is 0.220 e. The SMILES string of the molecule is O=C(CC1CCN(c2ncnc3[nH]ccc23)CC1)NC1CCOCC1. The number of carbonyl (C=O) groups is 1. The summed E-state index contributed by atoms with van der Waals surface area (Å²) >= 11 is 0. The number of ether oxygens (including phenoxy) is 1. The van der Waals surface area contributed by atoms with Gasteiger partial charge >= 0.3 is 0 Å². The summed E-state index contributed by atoms with van der Waals surface area (Å²) < 4.78 is 5.34. The summed E-state index contributed by atoms with van der Waals surface area (Å²) in [6, 6.07) is 2.32. The Morgan fingerprint density at radius 1 is 1.24 bits per heavy atom. The van der Waals surface area contributed by atoms with Crippen molar-refractivity contribution in [1.29, 1.82) is 0 Å². The molecule has 2 N–H and O–H groups in total. The summed E-state index contributed by atoms with van der Waals surface area (Å²) in [7, 11) is 0. The molecule has 0 radical (unpaired) electrons. The third-order valence-electron chi connectivity index (χ3n) is 5.31. The van der Waals surface area contributed by atoms with Crippen LogP contribution in [0.5, 0.6) is 0 Å². The second kappa shape index (κ2) is 7.39. The minimum Gasteiger partial charge on any atom is -0.381 e. The highest BCUT2D eigenvalue weighted by atomic mass is 16.5. The summed E-state index contributed by atoms with van der Waals surface area (Å²) in [5.74, 6) is 1.65. The van der Waals surface area contributed by atoms with Crippen molar-refractivity contribution in [2.45, 2.75) is 38.1 Å². The molecule has 0 atom stereocenters. The summed E-state index contributed by atoms with van der Waals surface area (Å²) in [5, 5.41) is 4.24. The summed E-state index contributed by atoms with van der Waals surface area (Å²) in [5.41, 5.74) is 0.878. The van der Waals surface area contributed by atoms with Gasteiger partial charge in [-0.15, -0.1) is 0 Å². The zero-order chi connectivity index (χ0) is 17.1. The lowest BCUT2D eigenvalue weighted by Crippen LogP contribution is -2.41. The summed E-state index contributed by atoms with van der Waals surface area (Å²) in [6.07, 6.45) is 8.07. The fourth-order valence-electron chi connectivity index (χ4n) is 3.85. The minimum absolute atomic E-state index is 0.195. The van der Waals surface area contributed by atoms with Crippen molar-refractivity contribution in [3.8, 4) is 0 Å². The minimum atomic E-state index is 0.195. The maximum absolute atomic E-state index is 12.3. The van der Waals surface area contributed by atoms with Gasteiger partial charge in [-0.1, -0.05) is 0 Å². The van der Waals surface area contributed by atoms with Crippen LogP contribution >= 0.6 is 0 Å². The molecule has 2 fully saturated rings. The Morgan fingerprint density at radius 3 is 2.84 bits per heavy atom. The van der Waals surface area contributed by atoms with E-state index in [-0.39, 0.29) is 5.91 Å². The molecule has 4 heterocycles. The van der Waals surface area contributed by atoms with E-state index in [9.17, 15) is 4.79 Å². The first kappa shape index (κ1) is 16.3. The molecular weight excluding hydrogens is 318 g/mol. The molecule has 25 heavy (non-hydrogen) atoms. The van der Waals surface area contributed by atoms with Crippen molar-refractivity contribution >= 4 is 22.8 Å². The number of piperidine rings is 1. The number of nitrogens with one attached hydrogen (secondary N) is 2. The Morgan fingerprint density at radius 2 is 2.04 bits per heavy atom. The van der Waals surface area contributed by atoms with E-state index in [1.54, 1.807) is 6.33 Å². The number of aromatic nitrogens is 3. The number of aromatic amines is 1. The lowest BCUT2D eigenvalue weighted by Gasteiger charge is -2.33. The molecule has 2 aromatic heterocycles. The zero-order valence-corrected chi connectivity index (χ0v) is 14.4. The third-order valence-corrected chi connectivity index (χ3v) is 5.31. The van der Waals surface area contributed by atoms with E-state index in [1.165, 1.54) is 0 Å². The Balaban J connectivity index is 1.29. The second-order valence-corrected chi connectivity index (χ2v) is 7.03. The molecule has 2 aliphatic heterocycles. The van der Waals surface area contributed by atoms with Crippen LogP contribution in [0.15, 0.2) is 18.6 Å². The molecule has 0 spiro atoms. The molecule has 7 nitrogen and oxygen atoms in total. The van der Waals surface area contributed by atoms with Crippen LogP contribution in [0, 0.1) is 5.92 Å². The smallest absolute Gasteiger partial charge is 0.220 e. The average molecular weight is 343 g/mol. The number of fused-ring (bicyclic) bond motifs is 1. The Bertz CT molecular complexity index is 717. The lowest BCUT2D eigenvalue weighted by atomic mass is 9.93. The zero-order valence-electron chi connectivity index (χ0n) is 14.4. The van der Waals surface area contributed by atoms with Crippen molar-refractivity contribution in [2.75, 3.05) is 31.2 Å². The molecule has 0 saturated carbocycles. The van der Waals surface area contributed by atoms with Crippen molar-refractivity contribution in [2.24, 2.45) is 5.92 Å². The van der Waals surface area contributed by atoms with Crippen molar-refractivity contribution < 1.29 is 9.53 Å². The van der Waals surface area contributed by atoms with E-state index >= 15 is 0 Å². The van der Waals surface area contributed by atoms with E-state index in [4.69, 9.17) is 4.74 Å². The predicted molar refractivity (Wildman–Crippen MR) is 95.4 cm³/mol. The van der Waals surface area contributed by atoms with Crippen LogP contribution in [0.3, 0.4) is 0 Å². The Hall–Kier alpha value is -2.15. The molecular formula is C18H25N5O2. The number of nitrogens with zero attached hydrogens (tertiary/aromatic N) is 3. The average Bonchev–Trinajstić information content (AvgIpc) is 3.12. The highest BCUT2D eigenvalue weighted by Crippen LogP contribution is 2.28. The van der Waals surface area contributed by atoms with Crippen molar-refractivity contribution in [1.82, 2.24) is 20.3 Å². The number of amides is 1. The van der Waals surface area contributed by atoms with Crippen LogP contribution in [-0.2, 0) is 9.53 Å². The van der Waals surface area contributed by atoms with E-state index in [0.717, 1.165) is 68.8 Å². The number of hydrogen-bond donors (Lipinski definition) is 2. The summed E-state index contributed by atoms with van der Waals surface area (Å²) in [6.45, 7) is 3.39. The molecule has 2 aromatic rings. The number of rotatable bonds is 4. The van der Waals surface area contributed by atoms with E-state index in [1.807, 2.05) is 12.3 Å². The van der Waals surface area contributed by atoms with Gasteiger partial charge in [0.1, 0.15) is 17.8 Å². The predicted octanol–water partition coefficient (Wildman–Crippen LogP) is 1.86. The fraction of sp³-hybridized carbons (Fsp3) is 0.611. The third kappa shape index (κ3) is 3.76. The molecule has 7 heteroatoms. The fourth-order valence-corrected chi connectivity index (χ4v) is 3.85. The van der Waals surface area contributed by atoms with E-state index < -0.39 is 0 Å². The van der Waals surface area contributed by atoms with Crippen LogP contribution in [0.4, 0.5) is 5.82 Å². The van der Waals surface area contributed by atoms with Gasteiger partial charge in [0.15, 0.2) is 0 Å². The van der Waals surface area contributed by atoms with Gasteiger partial charge in [0.25, 0.3) is 0 Å². The monoisotopic (exact) mass is 343 g/mol. The van der Waals surface area contributed by atoms with Crippen LogP contribution in [0.2, 0.25) is 0 Å². The maximum atomic E-state index is 12.3. The van der Waals surface area contributed by atoms with Crippen LogP contribution in [0.25, 0.3) is 11.0 Å². The Labute approximate surface area is 147 Å². The normalized spacial score (nSPS) is 20.1. The molecule has 4 rings (SSSR count). The number of H-pyrrole nitrogens is 1. The van der Waals surface area contributed by atoms with Gasteiger partial charge in [0.05, 0.1) is 5.39 Å². The first-order chi connectivity index (χ1) is 12.3. The molecule has 2 aliphatic rings. The highest BCUT2D eigenvalue weighted by Gasteiger charge is 2.25. The summed E-state index contributed by atoms with van der Waals surface area (Å²) in [4.78, 5) is 26.4. The van der Waals surface area contributed by atoms with Gasteiger partial charge in [-0.2, -0.15) is 0 Å². The van der Waals surface area contributed by atoms with Gasteiger partial charge in [-0.3, -0.25) is 4.79 Å². The Kier molecular flexibility index (Phi) is 4.83. The largest absolute Gasteiger partial charge is 0.381 e. The standard InChI is InChI=1S/C18H25N5O2/c24-16(22-14-4-9-25-10-5-14)11-13-2-7-23(8-3-13)18-15-1-6-19-17(15)20-12-21-18/h1,6,12-14H,2-5,7-11H2,(H,22,24)(H,19,20,21). The van der Waals surface area contributed by atoms with E-state index in [2.05, 4.69) is 25.2 Å². The number of hydrogen-bond acceptors (Lipinski definition) is 5. The van der Waals surface area contributed by atoms with Gasteiger partial charge in [-0.25, -0.2) is 9.97 Å². The number of anilines is 1. The molecule has 0 unspecified atom stereocenters. The van der Waals surface area contributed by atoms with Crippen LogP contribution < -0.4 is 10.2 Å². The molecule has 0 bridgehead atoms. The first-order valence-electron chi connectivity index (χ1n) is 9.20. The van der Waals surface area contributed by atoms with Gasteiger partial charge < -0.3 is 19.9 Å². The van der Waals surface area contributed by atoms with Crippen LogP contribution in [-0.4, -0.2) is 53.2 Å². The molecule has 0 aromatic carbocycles. The van der Waals surface area contributed by atoms with E-state index in [0.29, 0.717) is 18.4 Å². The molecule has 134 valence electrons. The van der Waals surface area contributed by atoms with Crippen molar-refractivity contribution in [3.63, 3.8) is 0 Å². The second-order valence-electron chi connectivity index (χ2n) is 7.03. The van der Waals surface area contributed by atoms with Crippen molar-refractivity contribution in [3.05, 3.63) is 18.6 Å². The lowest BCUT2D eigenvalue weighted by molar-refractivity contribution is -0.123. The quantitative estimate of drug-likeness (QED) is 0.885. The van der Waals surface area contributed by atoms with Gasteiger partial charge in [0.2, 0.25) is 5.91 Å². The number of carbonyl (C=O) groups excluding carboxylic acids is 1. The van der Waals surface area contributed by atoms with Gasteiger partial charge in [-0.05, 0) is 37.7 Å². The van der Waals surface area contributed by atoms with Crippen LogP contribution in [0.1, 0.15) is 32.1 Å². The molecule has 2 saturated heterocycles. The molecule has 0 aliphatic carbocycles. The molecule has 1 amide bonds. The first-order valence-corrected chi connectivity index (χ1v) is 9.20. The van der Waals surface area contributed by atoms with Gasteiger partial charge in [0, 0.05) is 45.0 Å². The topological polar surface area (TPSA) is 83.1 Å². The highest BCUT2D eigenvalue weighted by molar-refractivity contribution is 5.87.